The minimum absolute atomic E-state index is 0.0337. The topological polar surface area (TPSA) is 82.3 Å². The van der Waals surface area contributed by atoms with E-state index in [1.165, 1.54) is 0 Å². The van der Waals surface area contributed by atoms with Gasteiger partial charge in [0.1, 0.15) is 5.56 Å². The average Bonchev–Trinajstić information content (AvgIpc) is 2.68. The van der Waals surface area contributed by atoms with E-state index in [4.69, 9.17) is 0 Å². The van der Waals surface area contributed by atoms with Gasteiger partial charge in [0.05, 0.1) is 11.2 Å². The van der Waals surface area contributed by atoms with E-state index in [0.29, 0.717) is 29.6 Å². The third-order valence-corrected chi connectivity index (χ3v) is 4.34. The fourth-order valence-electron chi connectivity index (χ4n) is 2.93. The number of para-hydroxylation sites is 1. The Morgan fingerprint density at radius 3 is 2.44 bits per heavy atom. The predicted octanol–water partition coefficient (Wildman–Crippen LogP) is 3.54. The van der Waals surface area contributed by atoms with Gasteiger partial charge in [-0.2, -0.15) is 0 Å². The second kappa shape index (κ2) is 7.86. The van der Waals surface area contributed by atoms with Crippen LogP contribution in [0.15, 0.2) is 59.4 Å². The number of aromatic amines is 1. The van der Waals surface area contributed by atoms with E-state index in [1.54, 1.807) is 36.1 Å². The Morgan fingerprint density at radius 2 is 1.78 bits per heavy atom. The van der Waals surface area contributed by atoms with Crippen molar-refractivity contribution in [3.8, 4) is 0 Å². The number of benzene rings is 2. The highest BCUT2D eigenvalue weighted by Gasteiger charge is 2.20. The lowest BCUT2D eigenvalue weighted by Gasteiger charge is -2.21. The number of hydrogen-bond donors (Lipinski definition) is 2. The summed E-state index contributed by atoms with van der Waals surface area (Å²) in [5, 5.41) is 3.43. The van der Waals surface area contributed by atoms with Gasteiger partial charge in [-0.3, -0.25) is 14.4 Å². The van der Waals surface area contributed by atoms with Gasteiger partial charge in [0.2, 0.25) is 5.91 Å². The van der Waals surface area contributed by atoms with Gasteiger partial charge in [0, 0.05) is 24.0 Å². The standard InChI is InChI=1S/C21H21N3O3/c1-3-19(25)22-17-11-8-12-18-15(17)13-16(20(26)23-18)21(27)24(4-2)14-9-6-5-7-10-14/h5-13H,3-4H2,1-2H3,(H,22,25)(H,23,26). The molecule has 27 heavy (non-hydrogen) atoms. The van der Waals surface area contributed by atoms with Crippen molar-refractivity contribution in [2.75, 3.05) is 16.8 Å². The zero-order valence-corrected chi connectivity index (χ0v) is 15.3. The van der Waals surface area contributed by atoms with Gasteiger partial charge >= 0.3 is 0 Å². The van der Waals surface area contributed by atoms with Gasteiger partial charge in [0.15, 0.2) is 0 Å². The molecule has 0 unspecified atom stereocenters. The van der Waals surface area contributed by atoms with Crippen LogP contribution >= 0.6 is 0 Å². The summed E-state index contributed by atoms with van der Waals surface area (Å²) in [6, 6.07) is 16.0. The van der Waals surface area contributed by atoms with Crippen LogP contribution in [0, 0.1) is 0 Å². The highest BCUT2D eigenvalue weighted by Crippen LogP contribution is 2.23. The smallest absolute Gasteiger partial charge is 0.263 e. The normalized spacial score (nSPS) is 10.6. The van der Waals surface area contributed by atoms with Gasteiger partial charge in [-0.15, -0.1) is 0 Å². The molecule has 2 aromatic carbocycles. The van der Waals surface area contributed by atoms with E-state index >= 15 is 0 Å². The van der Waals surface area contributed by atoms with Crippen molar-refractivity contribution in [2.24, 2.45) is 0 Å². The molecular weight excluding hydrogens is 342 g/mol. The van der Waals surface area contributed by atoms with Crippen LogP contribution < -0.4 is 15.8 Å². The molecule has 0 bridgehead atoms. The molecule has 0 saturated heterocycles. The van der Waals surface area contributed by atoms with E-state index in [9.17, 15) is 14.4 Å². The first-order valence-electron chi connectivity index (χ1n) is 8.88. The Kier molecular flexibility index (Phi) is 5.35. The fourth-order valence-corrected chi connectivity index (χ4v) is 2.93. The molecule has 0 aliphatic heterocycles. The van der Waals surface area contributed by atoms with Crippen molar-refractivity contribution >= 4 is 34.1 Å². The zero-order valence-electron chi connectivity index (χ0n) is 15.3. The minimum atomic E-state index is -0.458. The summed E-state index contributed by atoms with van der Waals surface area (Å²) in [5.41, 5.74) is 1.42. The number of H-pyrrole nitrogens is 1. The van der Waals surface area contributed by atoms with Crippen LogP contribution in [0.2, 0.25) is 0 Å². The quantitative estimate of drug-likeness (QED) is 0.727. The number of carbonyl (C=O) groups excluding carboxylic acids is 2. The molecule has 2 N–H and O–H groups in total. The number of amides is 2. The summed E-state index contributed by atoms with van der Waals surface area (Å²) >= 11 is 0. The van der Waals surface area contributed by atoms with Gasteiger partial charge < -0.3 is 15.2 Å². The molecule has 1 aromatic heterocycles. The van der Waals surface area contributed by atoms with Crippen molar-refractivity contribution in [1.82, 2.24) is 4.98 Å². The summed E-state index contributed by atoms with van der Waals surface area (Å²) in [6.07, 6.45) is 0.336. The van der Waals surface area contributed by atoms with E-state index in [2.05, 4.69) is 10.3 Å². The molecule has 2 amide bonds. The van der Waals surface area contributed by atoms with Crippen LogP contribution in [0.5, 0.6) is 0 Å². The van der Waals surface area contributed by atoms with Crippen LogP contribution in [0.3, 0.4) is 0 Å². The van der Waals surface area contributed by atoms with E-state index in [1.807, 2.05) is 37.3 Å². The Hall–Kier alpha value is -3.41. The summed E-state index contributed by atoms with van der Waals surface area (Å²) in [4.78, 5) is 41.7. The minimum Gasteiger partial charge on any atom is -0.325 e. The van der Waals surface area contributed by atoms with Crippen LogP contribution in [0.25, 0.3) is 10.9 Å². The Morgan fingerprint density at radius 1 is 1.04 bits per heavy atom. The Labute approximate surface area is 156 Å². The third-order valence-electron chi connectivity index (χ3n) is 4.34. The molecule has 3 rings (SSSR count). The van der Waals surface area contributed by atoms with Gasteiger partial charge in [-0.25, -0.2) is 0 Å². The first kappa shape index (κ1) is 18.4. The molecule has 0 fully saturated rings. The summed E-state index contributed by atoms with van der Waals surface area (Å²) in [6.45, 7) is 4.04. The molecule has 0 atom stereocenters. The zero-order chi connectivity index (χ0) is 19.4. The highest BCUT2D eigenvalue weighted by molar-refractivity contribution is 6.09. The SMILES string of the molecule is CCC(=O)Nc1cccc2[nH]c(=O)c(C(=O)N(CC)c3ccccc3)cc12. The van der Waals surface area contributed by atoms with Crippen LogP contribution in [0.4, 0.5) is 11.4 Å². The molecular formula is C21H21N3O3. The molecule has 138 valence electrons. The molecule has 0 radical (unpaired) electrons. The average molecular weight is 363 g/mol. The number of aromatic nitrogens is 1. The van der Waals surface area contributed by atoms with Crippen LogP contribution in [-0.2, 0) is 4.79 Å². The largest absolute Gasteiger partial charge is 0.325 e. The van der Waals surface area contributed by atoms with Gasteiger partial charge in [-0.1, -0.05) is 31.2 Å². The third kappa shape index (κ3) is 3.74. The van der Waals surface area contributed by atoms with E-state index in [0.717, 1.165) is 5.69 Å². The lowest BCUT2D eigenvalue weighted by atomic mass is 10.1. The monoisotopic (exact) mass is 363 g/mol. The second-order valence-electron chi connectivity index (χ2n) is 6.07. The number of nitrogens with one attached hydrogen (secondary N) is 2. The van der Waals surface area contributed by atoms with Crippen molar-refractivity contribution < 1.29 is 9.59 Å². The van der Waals surface area contributed by atoms with Crippen LogP contribution in [-0.4, -0.2) is 23.3 Å². The Balaban J connectivity index is 2.09. The first-order valence-corrected chi connectivity index (χ1v) is 8.88. The molecule has 3 aromatic rings. The molecule has 0 spiro atoms. The maximum Gasteiger partial charge on any atom is 0.263 e. The van der Waals surface area contributed by atoms with E-state index < -0.39 is 5.56 Å². The Bertz CT molecular complexity index is 1040. The number of nitrogens with zero attached hydrogens (tertiary/aromatic N) is 1. The lowest BCUT2D eigenvalue weighted by Crippen LogP contribution is -2.34. The van der Waals surface area contributed by atoms with Gasteiger partial charge in [0.25, 0.3) is 11.5 Å². The molecule has 0 saturated carbocycles. The highest BCUT2D eigenvalue weighted by atomic mass is 16.2. The maximum absolute atomic E-state index is 13.0. The van der Waals surface area contributed by atoms with Crippen molar-refractivity contribution in [1.29, 1.82) is 0 Å². The number of rotatable bonds is 5. The lowest BCUT2D eigenvalue weighted by molar-refractivity contribution is -0.115. The molecule has 0 aliphatic rings. The molecule has 6 heteroatoms. The second-order valence-corrected chi connectivity index (χ2v) is 6.07. The number of carbonyl (C=O) groups is 2. The number of fused-ring (bicyclic) bond motifs is 1. The summed E-state index contributed by atoms with van der Waals surface area (Å²) in [5.74, 6) is -0.524. The predicted molar refractivity (Wildman–Crippen MR) is 107 cm³/mol. The first-order chi connectivity index (χ1) is 13.0. The number of hydrogen-bond acceptors (Lipinski definition) is 3. The molecule has 1 heterocycles. The molecule has 6 nitrogen and oxygen atoms in total. The summed E-state index contributed by atoms with van der Waals surface area (Å²) < 4.78 is 0. The molecule has 0 aliphatic carbocycles. The fraction of sp³-hybridized carbons (Fsp3) is 0.190. The van der Waals surface area contributed by atoms with Crippen molar-refractivity contribution in [2.45, 2.75) is 20.3 Å². The van der Waals surface area contributed by atoms with Crippen molar-refractivity contribution in [3.05, 3.63) is 70.5 Å². The van der Waals surface area contributed by atoms with Crippen LogP contribution in [0.1, 0.15) is 30.6 Å². The maximum atomic E-state index is 13.0. The summed E-state index contributed by atoms with van der Waals surface area (Å²) in [7, 11) is 0. The van der Waals surface area contributed by atoms with E-state index in [-0.39, 0.29) is 17.4 Å². The van der Waals surface area contributed by atoms with Crippen molar-refractivity contribution in [3.63, 3.8) is 0 Å². The number of pyridine rings is 1. The number of anilines is 2. The van der Waals surface area contributed by atoms with Gasteiger partial charge in [-0.05, 0) is 37.3 Å².